The second kappa shape index (κ2) is 9.10. The van der Waals surface area contributed by atoms with Crippen LogP contribution in [0.5, 0.6) is 0 Å². The first-order valence-corrected chi connectivity index (χ1v) is 7.95. The van der Waals surface area contributed by atoms with Crippen molar-refractivity contribution in [3.63, 3.8) is 0 Å². The van der Waals surface area contributed by atoms with Crippen LogP contribution in [0, 0.1) is 13.8 Å². The maximum atomic E-state index is 9.78. The molecule has 130 valence electrons. The van der Waals surface area contributed by atoms with E-state index in [1.54, 1.807) is 19.1 Å². The molecule has 0 saturated carbocycles. The second-order valence-electron chi connectivity index (χ2n) is 4.89. The van der Waals surface area contributed by atoms with Gasteiger partial charge in [0, 0.05) is 18.2 Å². The number of benzene rings is 1. The van der Waals surface area contributed by atoms with Gasteiger partial charge in [0.1, 0.15) is 6.33 Å². The van der Waals surface area contributed by atoms with Crippen molar-refractivity contribution in [1.29, 1.82) is 0 Å². The number of aryl methyl sites for hydroxylation is 2. The number of nitrogens with zero attached hydrogens (tertiary/aromatic N) is 4. The molecule has 1 N–H and O–H groups in total. The highest BCUT2D eigenvalue weighted by Crippen LogP contribution is 2.27. The van der Waals surface area contributed by atoms with Crippen molar-refractivity contribution in [1.82, 2.24) is 25.5 Å². The third-order valence-electron chi connectivity index (χ3n) is 2.92. The van der Waals surface area contributed by atoms with Crippen LogP contribution in [0.2, 0.25) is 10.0 Å². The molecule has 0 aliphatic rings. The number of aromatic nitrogens is 4. The first kappa shape index (κ1) is 18.8. The van der Waals surface area contributed by atoms with E-state index in [0.29, 0.717) is 34.8 Å². The minimum atomic E-state index is 0.296. The van der Waals surface area contributed by atoms with Gasteiger partial charge in [-0.05, 0) is 25.1 Å². The number of rotatable bonds is 4. The number of halogens is 2. The van der Waals surface area contributed by atoms with Crippen LogP contribution in [0.25, 0.3) is 11.3 Å². The van der Waals surface area contributed by atoms with Crippen molar-refractivity contribution >= 4 is 29.6 Å². The predicted molar refractivity (Wildman–Crippen MR) is 94.2 cm³/mol. The van der Waals surface area contributed by atoms with Crippen LogP contribution >= 0.6 is 23.2 Å². The lowest BCUT2D eigenvalue weighted by Gasteiger charge is -2.02. The van der Waals surface area contributed by atoms with Crippen LogP contribution in [0.15, 0.2) is 35.0 Å². The highest BCUT2D eigenvalue weighted by molar-refractivity contribution is 6.42. The molecule has 0 aliphatic carbocycles. The standard InChI is InChI=1S/C11H8Cl2N2.C5H7N3O2/c1-7-4-11(15-6-14-7)8-2-3-9(12)10(13)5-8;1-4-7-8-5(10-4)2-6-3-9/h2-6H,1H3;3H,2H2,1H3,(H,6,9). The largest absolute Gasteiger partial charge is 0.424 e. The van der Waals surface area contributed by atoms with E-state index in [0.717, 1.165) is 17.0 Å². The predicted octanol–water partition coefficient (Wildman–Crippen LogP) is 3.38. The third-order valence-corrected chi connectivity index (χ3v) is 3.66. The van der Waals surface area contributed by atoms with E-state index in [9.17, 15) is 4.79 Å². The molecule has 0 saturated heterocycles. The van der Waals surface area contributed by atoms with Crippen LogP contribution in [-0.4, -0.2) is 26.6 Å². The normalized spacial score (nSPS) is 9.92. The van der Waals surface area contributed by atoms with E-state index >= 15 is 0 Å². The monoisotopic (exact) mass is 379 g/mol. The Balaban J connectivity index is 0.000000196. The quantitative estimate of drug-likeness (QED) is 0.698. The van der Waals surface area contributed by atoms with Crippen molar-refractivity contribution in [3.05, 3.63) is 58.1 Å². The Kier molecular flexibility index (Phi) is 6.85. The summed E-state index contributed by atoms with van der Waals surface area (Å²) in [6.07, 6.45) is 2.12. The summed E-state index contributed by atoms with van der Waals surface area (Å²) in [5, 5.41) is 10.7. The zero-order chi connectivity index (χ0) is 18.2. The topological polar surface area (TPSA) is 93.8 Å². The van der Waals surface area contributed by atoms with E-state index in [1.165, 1.54) is 6.33 Å². The van der Waals surface area contributed by atoms with Crippen LogP contribution in [0.3, 0.4) is 0 Å². The maximum absolute atomic E-state index is 9.78. The number of nitrogens with one attached hydrogen (secondary N) is 1. The SMILES string of the molecule is Cc1cc(-c2ccc(Cl)c(Cl)c2)ncn1.Cc1nnc(CNC=O)o1. The molecule has 0 radical (unpaired) electrons. The summed E-state index contributed by atoms with van der Waals surface area (Å²) in [7, 11) is 0. The van der Waals surface area contributed by atoms with Gasteiger partial charge in [0.05, 0.1) is 22.3 Å². The highest BCUT2D eigenvalue weighted by atomic mass is 35.5. The molecule has 2 aromatic heterocycles. The summed E-state index contributed by atoms with van der Waals surface area (Å²) in [6.45, 7) is 3.91. The first-order chi connectivity index (χ1) is 12.0. The van der Waals surface area contributed by atoms with E-state index in [-0.39, 0.29) is 0 Å². The fraction of sp³-hybridized carbons (Fsp3) is 0.188. The van der Waals surface area contributed by atoms with E-state index in [1.807, 2.05) is 19.1 Å². The van der Waals surface area contributed by atoms with Crippen molar-refractivity contribution in [2.75, 3.05) is 0 Å². The third kappa shape index (κ3) is 5.81. The summed E-state index contributed by atoms with van der Waals surface area (Å²) < 4.78 is 4.94. The molecule has 3 rings (SSSR count). The Morgan fingerprint density at radius 2 is 1.92 bits per heavy atom. The van der Waals surface area contributed by atoms with Crippen LogP contribution in [0.4, 0.5) is 0 Å². The van der Waals surface area contributed by atoms with Crippen LogP contribution in [-0.2, 0) is 11.3 Å². The van der Waals surface area contributed by atoms with Gasteiger partial charge in [0.15, 0.2) is 0 Å². The number of carbonyl (C=O) groups is 1. The van der Waals surface area contributed by atoms with Crippen molar-refractivity contribution < 1.29 is 9.21 Å². The number of amides is 1. The number of hydrogen-bond donors (Lipinski definition) is 1. The van der Waals surface area contributed by atoms with Crippen molar-refractivity contribution in [2.24, 2.45) is 0 Å². The van der Waals surface area contributed by atoms with E-state index in [4.69, 9.17) is 27.6 Å². The molecule has 7 nitrogen and oxygen atoms in total. The Hall–Kier alpha value is -2.51. The molecule has 1 amide bonds. The molecule has 25 heavy (non-hydrogen) atoms. The average Bonchev–Trinajstić information content (AvgIpc) is 3.01. The maximum Gasteiger partial charge on any atom is 0.235 e. The van der Waals surface area contributed by atoms with Gasteiger partial charge in [0.25, 0.3) is 0 Å². The Morgan fingerprint density at radius 1 is 1.12 bits per heavy atom. The summed E-state index contributed by atoms with van der Waals surface area (Å²) >= 11 is 11.8. The molecular weight excluding hydrogens is 365 g/mol. The van der Waals surface area contributed by atoms with Gasteiger partial charge in [-0.15, -0.1) is 10.2 Å². The summed E-state index contributed by atoms with van der Waals surface area (Å²) in [5.41, 5.74) is 2.71. The van der Waals surface area contributed by atoms with Gasteiger partial charge < -0.3 is 9.73 Å². The smallest absolute Gasteiger partial charge is 0.235 e. The highest BCUT2D eigenvalue weighted by Gasteiger charge is 2.03. The Morgan fingerprint density at radius 3 is 2.52 bits per heavy atom. The Labute approximate surface area is 154 Å². The lowest BCUT2D eigenvalue weighted by molar-refractivity contribution is -0.109. The molecule has 0 spiro atoms. The van der Waals surface area contributed by atoms with Crippen molar-refractivity contribution in [3.8, 4) is 11.3 Å². The molecule has 1 aromatic carbocycles. The van der Waals surface area contributed by atoms with Gasteiger partial charge in [-0.1, -0.05) is 29.3 Å². The Bertz CT molecular complexity index is 854. The summed E-state index contributed by atoms with van der Waals surface area (Å²) in [4.78, 5) is 18.0. The first-order valence-electron chi connectivity index (χ1n) is 7.19. The molecule has 0 unspecified atom stereocenters. The summed E-state index contributed by atoms with van der Waals surface area (Å²) in [6, 6.07) is 7.35. The van der Waals surface area contributed by atoms with Gasteiger partial charge in [-0.3, -0.25) is 4.79 Å². The molecule has 0 fully saturated rings. The molecule has 0 bridgehead atoms. The van der Waals surface area contributed by atoms with Crippen LogP contribution in [0.1, 0.15) is 17.5 Å². The fourth-order valence-electron chi connectivity index (χ4n) is 1.81. The molecular formula is C16H15Cl2N5O2. The van der Waals surface area contributed by atoms with Crippen LogP contribution < -0.4 is 5.32 Å². The van der Waals surface area contributed by atoms with Gasteiger partial charge in [0.2, 0.25) is 18.2 Å². The van der Waals surface area contributed by atoms with Gasteiger partial charge in [-0.2, -0.15) is 0 Å². The van der Waals surface area contributed by atoms with Gasteiger partial charge >= 0.3 is 0 Å². The van der Waals surface area contributed by atoms with E-state index in [2.05, 4.69) is 25.5 Å². The lowest BCUT2D eigenvalue weighted by atomic mass is 10.1. The fourth-order valence-corrected chi connectivity index (χ4v) is 2.10. The number of carbonyl (C=O) groups excluding carboxylic acids is 1. The lowest BCUT2D eigenvalue weighted by Crippen LogP contribution is -2.09. The zero-order valence-electron chi connectivity index (χ0n) is 13.5. The zero-order valence-corrected chi connectivity index (χ0v) is 15.0. The molecule has 0 atom stereocenters. The van der Waals surface area contributed by atoms with Crippen molar-refractivity contribution in [2.45, 2.75) is 20.4 Å². The minimum absolute atomic E-state index is 0.296. The second-order valence-corrected chi connectivity index (χ2v) is 5.70. The molecule has 9 heteroatoms. The summed E-state index contributed by atoms with van der Waals surface area (Å²) in [5.74, 6) is 0.923. The number of hydrogen-bond acceptors (Lipinski definition) is 6. The van der Waals surface area contributed by atoms with E-state index < -0.39 is 0 Å². The molecule has 0 aliphatic heterocycles. The average molecular weight is 380 g/mol. The molecule has 2 heterocycles. The van der Waals surface area contributed by atoms with Gasteiger partial charge in [-0.25, -0.2) is 9.97 Å². The minimum Gasteiger partial charge on any atom is -0.424 e. The molecule has 3 aromatic rings.